The zero-order valence-electron chi connectivity index (χ0n) is 11.0. The van der Waals surface area contributed by atoms with E-state index < -0.39 is 10.2 Å². The van der Waals surface area contributed by atoms with E-state index in [1.54, 1.807) is 32.4 Å². The third-order valence-electron chi connectivity index (χ3n) is 3.19. The first-order chi connectivity index (χ1) is 8.95. The Bertz CT molecular complexity index is 562. The van der Waals surface area contributed by atoms with Gasteiger partial charge in [0.25, 0.3) is 10.2 Å². The molecule has 0 unspecified atom stereocenters. The van der Waals surface area contributed by atoms with Crippen LogP contribution < -0.4 is 4.74 Å². The van der Waals surface area contributed by atoms with Crippen molar-refractivity contribution in [2.45, 2.75) is 13.0 Å². The molecule has 1 heterocycles. The van der Waals surface area contributed by atoms with Crippen LogP contribution in [0.15, 0.2) is 18.2 Å². The topological polar surface area (TPSA) is 49.9 Å². The molecule has 0 aromatic heterocycles. The summed E-state index contributed by atoms with van der Waals surface area (Å²) in [5, 5.41) is 0.568. The Hall–Kier alpha value is -0.820. The molecule has 1 aromatic rings. The Kier molecular flexibility index (Phi) is 4.35. The molecule has 0 saturated carbocycles. The van der Waals surface area contributed by atoms with Crippen molar-refractivity contribution in [3.63, 3.8) is 0 Å². The lowest BCUT2D eigenvalue weighted by Gasteiger charge is -2.32. The minimum atomic E-state index is -3.37. The number of rotatable bonds is 3. The Morgan fingerprint density at radius 1 is 1.37 bits per heavy atom. The van der Waals surface area contributed by atoms with Crippen molar-refractivity contribution in [2.24, 2.45) is 0 Å². The molecule has 2 rings (SSSR count). The predicted molar refractivity (Wildman–Crippen MR) is 74.6 cm³/mol. The molecule has 0 atom stereocenters. The van der Waals surface area contributed by atoms with Gasteiger partial charge >= 0.3 is 0 Å². The second-order valence-corrected chi connectivity index (χ2v) is 6.94. The predicted octanol–water partition coefficient (Wildman–Crippen LogP) is 1.73. The lowest BCUT2D eigenvalue weighted by atomic mass is 10.2. The summed E-state index contributed by atoms with van der Waals surface area (Å²) in [5.74, 6) is 0.646. The summed E-state index contributed by atoms with van der Waals surface area (Å²) in [7, 11) is -0.217. The minimum absolute atomic E-state index is 0.274. The molecule has 1 saturated heterocycles. The van der Waals surface area contributed by atoms with Gasteiger partial charge in [-0.1, -0.05) is 11.6 Å². The normalized spacial score (nSPS) is 20.4. The molecular formula is C12H17ClN2O3S. The highest BCUT2D eigenvalue weighted by Gasteiger charge is 2.31. The second kappa shape index (κ2) is 5.66. The Morgan fingerprint density at radius 3 is 2.79 bits per heavy atom. The van der Waals surface area contributed by atoms with Crippen molar-refractivity contribution in [1.82, 2.24) is 8.61 Å². The molecular weight excluding hydrogens is 288 g/mol. The molecule has 19 heavy (non-hydrogen) atoms. The second-order valence-electron chi connectivity index (χ2n) is 4.47. The molecule has 1 aliphatic rings. The Morgan fingerprint density at radius 2 is 2.11 bits per heavy atom. The van der Waals surface area contributed by atoms with E-state index >= 15 is 0 Å². The van der Waals surface area contributed by atoms with Gasteiger partial charge in [0.1, 0.15) is 5.75 Å². The zero-order valence-corrected chi connectivity index (χ0v) is 12.5. The molecule has 1 aliphatic heterocycles. The maximum atomic E-state index is 12.2. The van der Waals surface area contributed by atoms with Crippen LogP contribution in [-0.4, -0.2) is 44.3 Å². The van der Waals surface area contributed by atoms with Gasteiger partial charge in [-0.3, -0.25) is 0 Å². The number of benzene rings is 1. The first-order valence-corrected chi connectivity index (χ1v) is 7.76. The quantitative estimate of drug-likeness (QED) is 0.854. The molecule has 106 valence electrons. The number of ether oxygens (including phenoxy) is 1. The standard InChI is InChI=1S/C12H17ClN2O3S/c1-14-6-3-7-15(19(14,16)17)9-10-8-11(13)4-5-12(10)18-2/h4-5,8H,3,6-7,9H2,1-2H3. The van der Waals surface area contributed by atoms with E-state index in [0.717, 1.165) is 12.0 Å². The van der Waals surface area contributed by atoms with E-state index in [2.05, 4.69) is 0 Å². The number of methoxy groups -OCH3 is 1. The van der Waals surface area contributed by atoms with Crippen LogP contribution >= 0.6 is 11.6 Å². The van der Waals surface area contributed by atoms with Crippen LogP contribution in [0.4, 0.5) is 0 Å². The van der Waals surface area contributed by atoms with Crippen LogP contribution in [-0.2, 0) is 16.8 Å². The van der Waals surface area contributed by atoms with Gasteiger partial charge in [-0.15, -0.1) is 0 Å². The number of nitrogens with zero attached hydrogens (tertiary/aromatic N) is 2. The van der Waals surface area contributed by atoms with E-state index in [0.29, 0.717) is 23.9 Å². The van der Waals surface area contributed by atoms with E-state index in [4.69, 9.17) is 16.3 Å². The minimum Gasteiger partial charge on any atom is -0.496 e. The molecule has 0 N–H and O–H groups in total. The van der Waals surface area contributed by atoms with Gasteiger partial charge in [-0.05, 0) is 24.6 Å². The summed E-state index contributed by atoms with van der Waals surface area (Å²) >= 11 is 5.96. The number of hydrogen-bond acceptors (Lipinski definition) is 3. The largest absolute Gasteiger partial charge is 0.496 e. The maximum absolute atomic E-state index is 12.2. The summed E-state index contributed by atoms with van der Waals surface area (Å²) in [6.45, 7) is 1.35. The van der Waals surface area contributed by atoms with E-state index in [1.807, 2.05) is 0 Å². The number of halogens is 1. The molecule has 1 fully saturated rings. The van der Waals surface area contributed by atoms with Crippen LogP contribution in [0.3, 0.4) is 0 Å². The average Bonchev–Trinajstić information content (AvgIpc) is 2.36. The van der Waals surface area contributed by atoms with E-state index in [9.17, 15) is 8.42 Å². The van der Waals surface area contributed by atoms with Crippen molar-refractivity contribution in [2.75, 3.05) is 27.2 Å². The fourth-order valence-corrected chi connectivity index (χ4v) is 3.73. The molecule has 7 heteroatoms. The molecule has 0 spiro atoms. The third kappa shape index (κ3) is 3.02. The summed E-state index contributed by atoms with van der Waals surface area (Å²) in [4.78, 5) is 0. The van der Waals surface area contributed by atoms with Crippen molar-refractivity contribution in [3.8, 4) is 5.75 Å². The van der Waals surface area contributed by atoms with Gasteiger partial charge in [0.15, 0.2) is 0 Å². The lowest BCUT2D eigenvalue weighted by molar-refractivity contribution is 0.299. The monoisotopic (exact) mass is 304 g/mol. The highest BCUT2D eigenvalue weighted by molar-refractivity contribution is 7.86. The lowest BCUT2D eigenvalue weighted by Crippen LogP contribution is -2.47. The third-order valence-corrected chi connectivity index (χ3v) is 5.36. The average molecular weight is 305 g/mol. The van der Waals surface area contributed by atoms with Gasteiger partial charge in [0.05, 0.1) is 7.11 Å². The van der Waals surface area contributed by atoms with Crippen molar-refractivity contribution in [3.05, 3.63) is 28.8 Å². The fraction of sp³-hybridized carbons (Fsp3) is 0.500. The fourth-order valence-electron chi connectivity index (χ4n) is 2.12. The molecule has 0 amide bonds. The van der Waals surface area contributed by atoms with Crippen LogP contribution in [0.25, 0.3) is 0 Å². The van der Waals surface area contributed by atoms with Crippen molar-refractivity contribution >= 4 is 21.8 Å². The van der Waals surface area contributed by atoms with Crippen molar-refractivity contribution < 1.29 is 13.2 Å². The summed E-state index contributed by atoms with van der Waals surface area (Å²) in [5.41, 5.74) is 0.772. The SMILES string of the molecule is COc1ccc(Cl)cc1CN1CCCN(C)S1(=O)=O. The molecule has 5 nitrogen and oxygen atoms in total. The van der Waals surface area contributed by atoms with Crippen LogP contribution in [0.2, 0.25) is 5.02 Å². The Labute approximate surface area is 118 Å². The zero-order chi connectivity index (χ0) is 14.0. The van der Waals surface area contributed by atoms with Gasteiger partial charge in [-0.2, -0.15) is 17.0 Å². The highest BCUT2D eigenvalue weighted by atomic mass is 35.5. The molecule has 0 radical (unpaired) electrons. The van der Waals surface area contributed by atoms with Gasteiger partial charge < -0.3 is 4.74 Å². The summed E-state index contributed by atoms with van der Waals surface area (Å²) < 4.78 is 32.4. The first-order valence-electron chi connectivity index (χ1n) is 5.99. The van der Waals surface area contributed by atoms with E-state index in [1.165, 1.54) is 8.61 Å². The van der Waals surface area contributed by atoms with Crippen LogP contribution in [0.1, 0.15) is 12.0 Å². The molecule has 1 aromatic carbocycles. The molecule has 0 bridgehead atoms. The first kappa shape index (κ1) is 14.6. The summed E-state index contributed by atoms with van der Waals surface area (Å²) in [6.07, 6.45) is 0.818. The van der Waals surface area contributed by atoms with Gasteiger partial charge in [0.2, 0.25) is 0 Å². The van der Waals surface area contributed by atoms with Crippen LogP contribution in [0.5, 0.6) is 5.75 Å². The highest BCUT2D eigenvalue weighted by Crippen LogP contribution is 2.26. The molecule has 0 aliphatic carbocycles. The summed E-state index contributed by atoms with van der Waals surface area (Å²) in [6, 6.07) is 5.21. The van der Waals surface area contributed by atoms with Crippen LogP contribution in [0, 0.1) is 0 Å². The van der Waals surface area contributed by atoms with Gasteiger partial charge in [-0.25, -0.2) is 0 Å². The smallest absolute Gasteiger partial charge is 0.282 e. The van der Waals surface area contributed by atoms with Crippen molar-refractivity contribution in [1.29, 1.82) is 0 Å². The maximum Gasteiger partial charge on any atom is 0.282 e. The number of hydrogen-bond donors (Lipinski definition) is 0. The van der Waals surface area contributed by atoms with E-state index in [-0.39, 0.29) is 6.54 Å². The van der Waals surface area contributed by atoms with Gasteiger partial charge in [0, 0.05) is 37.3 Å². The Balaban J connectivity index is 2.28.